The zero-order chi connectivity index (χ0) is 23.5. The Kier molecular flexibility index (Phi) is 7.82. The van der Waals surface area contributed by atoms with Crippen LogP contribution in [-0.4, -0.2) is 46.7 Å². The Labute approximate surface area is 198 Å². The van der Waals surface area contributed by atoms with E-state index in [4.69, 9.17) is 4.74 Å². The van der Waals surface area contributed by atoms with Gasteiger partial charge in [0.15, 0.2) is 0 Å². The number of hydrogen-bond acceptors (Lipinski definition) is 5. The highest BCUT2D eigenvalue weighted by atomic mass is 79.9. The number of hydrogen-bond donors (Lipinski definition) is 3. The van der Waals surface area contributed by atoms with Crippen molar-refractivity contribution in [1.29, 1.82) is 0 Å². The van der Waals surface area contributed by atoms with E-state index in [9.17, 15) is 9.59 Å². The highest BCUT2D eigenvalue weighted by molar-refractivity contribution is 9.10. The second kappa shape index (κ2) is 10.2. The molecule has 0 spiro atoms. The summed E-state index contributed by atoms with van der Waals surface area (Å²) in [7, 11) is 0. The zero-order valence-corrected chi connectivity index (χ0v) is 21.1. The van der Waals surface area contributed by atoms with Crippen molar-refractivity contribution >= 4 is 50.3 Å². The highest BCUT2D eigenvalue weighted by Crippen LogP contribution is 2.40. The van der Waals surface area contributed by atoms with Crippen molar-refractivity contribution in [2.24, 2.45) is 5.92 Å². The summed E-state index contributed by atoms with van der Waals surface area (Å²) in [5, 5.41) is 7.13. The smallest absolute Gasteiger partial charge is 0.415 e. The number of aromatic amines is 1. The molecular weight excluding hydrogens is 474 g/mol. The van der Waals surface area contributed by atoms with Crippen LogP contribution in [-0.2, 0) is 9.53 Å². The summed E-state index contributed by atoms with van der Waals surface area (Å²) in [6.45, 7) is 11.2. The minimum Gasteiger partial charge on any atom is -0.443 e. The highest BCUT2D eigenvalue weighted by Gasteiger charge is 2.34. The van der Waals surface area contributed by atoms with E-state index in [1.807, 2.05) is 34.6 Å². The molecule has 0 bridgehead atoms. The second-order valence-electron chi connectivity index (χ2n) is 9.23. The average Bonchev–Trinajstić information content (AvgIpc) is 3.13. The summed E-state index contributed by atoms with van der Waals surface area (Å²) in [5.41, 5.74) is 1.22. The fraction of sp³-hybridized carbons (Fsp3) is 0.609. The molecule has 3 rings (SSSR count). The molecule has 32 heavy (non-hydrogen) atoms. The first-order valence-corrected chi connectivity index (χ1v) is 12.1. The number of anilines is 2. The summed E-state index contributed by atoms with van der Waals surface area (Å²) in [6.07, 6.45) is 6.32. The number of H-pyrrole nitrogens is 1. The largest absolute Gasteiger partial charge is 0.443 e. The molecule has 9 heteroatoms. The van der Waals surface area contributed by atoms with Crippen molar-refractivity contribution < 1.29 is 14.3 Å². The van der Waals surface area contributed by atoms with Crippen LogP contribution in [0.25, 0.3) is 11.0 Å². The van der Waals surface area contributed by atoms with E-state index in [1.165, 1.54) is 0 Å². The normalized spacial score (nSPS) is 16.9. The maximum atomic E-state index is 13.4. The van der Waals surface area contributed by atoms with Crippen molar-refractivity contribution in [1.82, 2.24) is 15.3 Å². The number of pyridine rings is 1. The topological polar surface area (TPSA) is 99.4 Å². The third kappa shape index (κ3) is 5.43. The summed E-state index contributed by atoms with van der Waals surface area (Å²) in [4.78, 5) is 35.6. The number of aromatic nitrogens is 2. The van der Waals surface area contributed by atoms with Crippen LogP contribution in [0.1, 0.15) is 60.3 Å². The molecule has 0 saturated carbocycles. The first-order valence-electron chi connectivity index (χ1n) is 11.4. The van der Waals surface area contributed by atoms with Crippen LogP contribution in [0.15, 0.2) is 16.9 Å². The van der Waals surface area contributed by atoms with Gasteiger partial charge in [-0.25, -0.2) is 9.78 Å². The summed E-state index contributed by atoms with van der Waals surface area (Å²) in [5.74, 6) is -0.113. The van der Waals surface area contributed by atoms with E-state index in [-0.39, 0.29) is 17.9 Å². The number of ether oxygens (including phenoxy) is 1. The Balaban J connectivity index is 2.11. The van der Waals surface area contributed by atoms with Gasteiger partial charge in [-0.2, -0.15) is 0 Å². The van der Waals surface area contributed by atoms with Crippen molar-refractivity contribution in [3.8, 4) is 0 Å². The quantitative estimate of drug-likeness (QED) is 0.499. The maximum Gasteiger partial charge on any atom is 0.415 e. The first kappa shape index (κ1) is 24.5. The van der Waals surface area contributed by atoms with E-state index in [2.05, 4.69) is 36.5 Å². The molecule has 3 heterocycles. The molecule has 0 aromatic carbocycles. The van der Waals surface area contributed by atoms with Gasteiger partial charge in [0.05, 0.1) is 27.3 Å². The van der Waals surface area contributed by atoms with Gasteiger partial charge >= 0.3 is 6.09 Å². The Morgan fingerprint density at radius 1 is 1.34 bits per heavy atom. The van der Waals surface area contributed by atoms with Crippen LogP contribution in [0.5, 0.6) is 0 Å². The minimum absolute atomic E-state index is 0.0371. The van der Waals surface area contributed by atoms with Gasteiger partial charge in [0.2, 0.25) is 5.91 Å². The lowest BCUT2D eigenvalue weighted by atomic mass is 10.0. The lowest BCUT2D eigenvalue weighted by Crippen LogP contribution is -2.50. The molecule has 1 aliphatic heterocycles. The Bertz CT molecular complexity index is 958. The molecule has 0 radical (unpaired) electrons. The molecule has 1 saturated heterocycles. The second-order valence-corrected chi connectivity index (χ2v) is 10.1. The molecule has 0 unspecified atom stereocenters. The molecule has 2 aromatic rings. The minimum atomic E-state index is -0.638. The number of nitrogens with zero attached hydrogens (tertiary/aromatic N) is 2. The number of fused-ring (bicyclic) bond motifs is 1. The molecule has 0 aliphatic carbocycles. The van der Waals surface area contributed by atoms with Crippen LogP contribution < -0.4 is 15.5 Å². The summed E-state index contributed by atoms with van der Waals surface area (Å²) in [6, 6.07) is -0.0852. The predicted octanol–water partition coefficient (Wildman–Crippen LogP) is 5.19. The monoisotopic (exact) mass is 507 g/mol. The Morgan fingerprint density at radius 3 is 2.66 bits per heavy atom. The standard InChI is InChI=1S/C23H34BrN5O3/c1-6-14(7-2)21(30)28-17-13-27-20-18(17)19(16(24)12-26-20)29(15-9-8-10-25-11-15)22(31)32-23(3,4)5/h12-15,25H,6-11H2,1-5H3,(H,26,27)(H,28,30)/t15-/m1/s1. The number of carbonyl (C=O) groups is 2. The molecule has 176 valence electrons. The van der Waals surface area contributed by atoms with Crippen LogP contribution in [0.3, 0.4) is 0 Å². The fourth-order valence-electron chi connectivity index (χ4n) is 4.07. The molecule has 2 amide bonds. The summed E-state index contributed by atoms with van der Waals surface area (Å²) >= 11 is 3.62. The Hall–Kier alpha value is -2.13. The van der Waals surface area contributed by atoms with Crippen LogP contribution in [0, 0.1) is 5.92 Å². The third-order valence-corrected chi connectivity index (χ3v) is 6.29. The number of nitrogens with one attached hydrogen (secondary N) is 3. The van der Waals surface area contributed by atoms with E-state index in [0.29, 0.717) is 33.4 Å². The number of carbonyl (C=O) groups excluding carboxylic acids is 2. The molecule has 1 fully saturated rings. The van der Waals surface area contributed by atoms with Gasteiger partial charge in [0.25, 0.3) is 0 Å². The van der Waals surface area contributed by atoms with Crippen molar-refractivity contribution in [2.45, 2.75) is 71.9 Å². The summed E-state index contributed by atoms with van der Waals surface area (Å²) < 4.78 is 6.47. The van der Waals surface area contributed by atoms with Gasteiger partial charge in [-0.1, -0.05) is 13.8 Å². The molecular formula is C23H34BrN5O3. The van der Waals surface area contributed by atoms with Gasteiger partial charge in [-0.3, -0.25) is 9.69 Å². The lowest BCUT2D eigenvalue weighted by molar-refractivity contribution is -0.120. The van der Waals surface area contributed by atoms with Gasteiger partial charge < -0.3 is 20.4 Å². The number of amides is 2. The van der Waals surface area contributed by atoms with Gasteiger partial charge in [-0.15, -0.1) is 0 Å². The molecule has 2 aromatic heterocycles. The third-order valence-electron chi connectivity index (χ3n) is 5.71. The van der Waals surface area contributed by atoms with E-state index in [0.717, 1.165) is 32.2 Å². The van der Waals surface area contributed by atoms with Gasteiger partial charge in [0.1, 0.15) is 11.2 Å². The van der Waals surface area contributed by atoms with E-state index >= 15 is 0 Å². The molecule has 1 atom stereocenters. The Morgan fingerprint density at radius 2 is 2.06 bits per heavy atom. The zero-order valence-electron chi connectivity index (χ0n) is 19.5. The number of rotatable bonds is 6. The van der Waals surface area contributed by atoms with Crippen molar-refractivity contribution in [3.05, 3.63) is 16.9 Å². The van der Waals surface area contributed by atoms with E-state index in [1.54, 1.807) is 17.3 Å². The predicted molar refractivity (Wildman–Crippen MR) is 131 cm³/mol. The number of halogens is 1. The van der Waals surface area contributed by atoms with Crippen LogP contribution in [0.2, 0.25) is 0 Å². The fourth-order valence-corrected chi connectivity index (χ4v) is 4.56. The molecule has 1 aliphatic rings. The van der Waals surface area contributed by atoms with Crippen molar-refractivity contribution in [2.75, 3.05) is 23.3 Å². The van der Waals surface area contributed by atoms with Gasteiger partial charge in [-0.05, 0) is 68.9 Å². The molecule has 8 nitrogen and oxygen atoms in total. The first-order chi connectivity index (χ1) is 15.2. The SMILES string of the molecule is CCC(CC)C(=O)Nc1c[nH]c2ncc(Br)c(N(C(=O)OC(C)(C)C)[C@@H]3CCCNC3)c12. The van der Waals surface area contributed by atoms with Gasteiger partial charge in [0, 0.05) is 24.9 Å². The number of piperidine rings is 1. The van der Waals surface area contributed by atoms with Crippen LogP contribution in [0.4, 0.5) is 16.2 Å². The van der Waals surface area contributed by atoms with E-state index < -0.39 is 11.7 Å². The lowest BCUT2D eigenvalue weighted by Gasteiger charge is -2.36. The average molecular weight is 508 g/mol. The van der Waals surface area contributed by atoms with Crippen LogP contribution >= 0.6 is 15.9 Å². The molecule has 3 N–H and O–H groups in total. The maximum absolute atomic E-state index is 13.4. The van der Waals surface area contributed by atoms with Crippen molar-refractivity contribution in [3.63, 3.8) is 0 Å².